The topological polar surface area (TPSA) is 179 Å². The van der Waals surface area contributed by atoms with Crippen molar-refractivity contribution in [1.82, 2.24) is 0 Å². The van der Waals surface area contributed by atoms with Crippen LogP contribution in [0.25, 0.3) is 20.9 Å². The highest BCUT2D eigenvalue weighted by atomic mass is 16.1. The summed E-state index contributed by atoms with van der Waals surface area (Å²) in [6.07, 6.45) is 0. The van der Waals surface area contributed by atoms with E-state index in [2.05, 4.69) is 20.1 Å². The second kappa shape index (κ2) is 4.96. The Kier molecular flexibility index (Phi) is 3.44. The minimum absolute atomic E-state index is 0.765. The van der Waals surface area contributed by atoms with Crippen LogP contribution in [0.4, 0.5) is 0 Å². The molecule has 0 unspecified atom stereocenters. The van der Waals surface area contributed by atoms with E-state index in [0.29, 0.717) is 0 Å². The minimum Gasteiger partial charge on any atom is -0.288 e. The van der Waals surface area contributed by atoms with Gasteiger partial charge in [0.05, 0.1) is 0 Å². The maximum Gasteiger partial charge on any atom is 0.208 e. The molecule has 0 aromatic heterocycles. The van der Waals surface area contributed by atoms with E-state index < -0.39 is 34.1 Å². The number of ketones is 2. The summed E-state index contributed by atoms with van der Waals surface area (Å²) < 4.78 is 0. The number of rotatable bonds is 2. The normalized spacial score (nSPS) is 14.3. The molecule has 1 aliphatic carbocycles. The van der Waals surface area contributed by atoms with Crippen molar-refractivity contribution in [2.45, 2.75) is 0 Å². The van der Waals surface area contributed by atoms with Gasteiger partial charge in [-0.05, 0) is 11.1 Å². The fourth-order valence-electron chi connectivity index (χ4n) is 1.17. The number of Topliss-reactive ketones (excluding diaryl/α,β-unsaturated/α-hetero) is 2. The van der Waals surface area contributed by atoms with Crippen LogP contribution in [0.2, 0.25) is 0 Å². The number of hydrogen-bond donors (Lipinski definition) is 0. The van der Waals surface area contributed by atoms with Gasteiger partial charge in [0.15, 0.2) is 0 Å². The molecule has 10 heteroatoms. The summed E-state index contributed by atoms with van der Waals surface area (Å²) in [6.45, 7) is 0. The number of azide groups is 2. The summed E-state index contributed by atoms with van der Waals surface area (Å²) in [5, 5.41) is 23.2. The largest absolute Gasteiger partial charge is 0.288 e. The van der Waals surface area contributed by atoms with E-state index in [-0.39, 0.29) is 0 Å². The summed E-state index contributed by atoms with van der Waals surface area (Å²) >= 11 is 0. The van der Waals surface area contributed by atoms with E-state index in [0.717, 1.165) is 0 Å². The van der Waals surface area contributed by atoms with Crippen LogP contribution in [0.15, 0.2) is 32.8 Å². The molecule has 0 saturated heterocycles. The van der Waals surface area contributed by atoms with E-state index >= 15 is 0 Å². The van der Waals surface area contributed by atoms with E-state index in [4.69, 9.17) is 21.6 Å². The second-order valence-corrected chi connectivity index (χ2v) is 2.71. The Hall–Kier alpha value is -3.58. The Balaban J connectivity index is 3.70. The smallest absolute Gasteiger partial charge is 0.208 e. The summed E-state index contributed by atoms with van der Waals surface area (Å²) in [7, 11) is 0. The molecule has 0 amide bonds. The lowest BCUT2D eigenvalue weighted by Crippen LogP contribution is -2.21. The molecule has 0 saturated carbocycles. The molecule has 0 aromatic rings. The molecule has 0 fully saturated rings. The van der Waals surface area contributed by atoms with Gasteiger partial charge in [-0.25, -0.2) is 0 Å². The highest BCUT2D eigenvalue weighted by molar-refractivity contribution is 6.27. The zero-order valence-electron chi connectivity index (χ0n) is 8.39. The SMILES string of the molecule is N#CC1=C(N=[N+]=[N-])C(=O)C(C#N)=C(N=[N+]=[N-])C1=O. The number of hydrogen-bond acceptors (Lipinski definition) is 6. The van der Waals surface area contributed by atoms with Crippen LogP contribution in [0.5, 0.6) is 0 Å². The molecule has 0 aliphatic heterocycles. The van der Waals surface area contributed by atoms with Crippen molar-refractivity contribution >= 4 is 11.6 Å². The molecule has 0 aromatic carbocycles. The molecule has 10 nitrogen and oxygen atoms in total. The number of carbonyl (C=O) groups is 2. The fraction of sp³-hybridized carbons (Fsp3) is 0. The van der Waals surface area contributed by atoms with Gasteiger partial charge in [0.1, 0.15) is 34.7 Å². The number of nitriles is 2. The molecular formula is C8N8O2. The van der Waals surface area contributed by atoms with Gasteiger partial charge >= 0.3 is 0 Å². The van der Waals surface area contributed by atoms with Crippen LogP contribution in [-0.4, -0.2) is 11.6 Å². The third kappa shape index (κ3) is 1.75. The first-order chi connectivity index (χ1) is 8.62. The first-order valence-corrected chi connectivity index (χ1v) is 4.10. The van der Waals surface area contributed by atoms with E-state index in [1.807, 2.05) is 0 Å². The number of nitrogens with zero attached hydrogens (tertiary/aromatic N) is 8. The van der Waals surface area contributed by atoms with Gasteiger partial charge < -0.3 is 0 Å². The lowest BCUT2D eigenvalue weighted by atomic mass is 9.93. The van der Waals surface area contributed by atoms with Crippen LogP contribution in [0.3, 0.4) is 0 Å². The minimum atomic E-state index is -1.13. The molecule has 84 valence electrons. The zero-order valence-corrected chi connectivity index (χ0v) is 8.39. The van der Waals surface area contributed by atoms with Crippen LogP contribution < -0.4 is 0 Å². The van der Waals surface area contributed by atoms with Gasteiger partial charge in [-0.15, -0.1) is 0 Å². The highest BCUT2D eigenvalue weighted by Crippen LogP contribution is 2.26. The van der Waals surface area contributed by atoms with Gasteiger partial charge in [0, 0.05) is 9.82 Å². The summed E-state index contributed by atoms with van der Waals surface area (Å²) in [6, 6.07) is 2.74. The van der Waals surface area contributed by atoms with Crippen LogP contribution in [0.1, 0.15) is 0 Å². The third-order valence-electron chi connectivity index (χ3n) is 1.87. The number of allylic oxidation sites excluding steroid dienone is 2. The van der Waals surface area contributed by atoms with Crippen LogP contribution in [-0.2, 0) is 9.59 Å². The Morgan fingerprint density at radius 3 is 1.44 bits per heavy atom. The Bertz CT molecular complexity index is 638. The van der Waals surface area contributed by atoms with Gasteiger partial charge in [-0.2, -0.15) is 10.5 Å². The molecule has 0 spiro atoms. The van der Waals surface area contributed by atoms with Crippen molar-refractivity contribution in [1.29, 1.82) is 10.5 Å². The second-order valence-electron chi connectivity index (χ2n) is 2.71. The maximum absolute atomic E-state index is 11.7. The van der Waals surface area contributed by atoms with Crippen molar-refractivity contribution in [3.05, 3.63) is 43.4 Å². The molecule has 18 heavy (non-hydrogen) atoms. The molecule has 0 N–H and O–H groups in total. The Morgan fingerprint density at radius 1 is 0.889 bits per heavy atom. The third-order valence-corrected chi connectivity index (χ3v) is 1.87. The summed E-state index contributed by atoms with van der Waals surface area (Å²) in [4.78, 5) is 27.9. The number of carbonyl (C=O) groups excluding carboxylic acids is 2. The summed E-state index contributed by atoms with van der Waals surface area (Å²) in [5.41, 5.74) is 13.4. The highest BCUT2D eigenvalue weighted by Gasteiger charge is 2.34. The monoisotopic (exact) mass is 240 g/mol. The standard InChI is InChI=1S/C8N8O2/c9-1-3-5(13-15-11)8(18)4(2-10)6(7(3)17)14-16-12. The Labute approximate surface area is 98.3 Å². The lowest BCUT2D eigenvalue weighted by molar-refractivity contribution is -0.116. The average molecular weight is 240 g/mol. The van der Waals surface area contributed by atoms with Gasteiger partial charge in [0.25, 0.3) is 0 Å². The van der Waals surface area contributed by atoms with Crippen molar-refractivity contribution in [3.8, 4) is 12.1 Å². The molecule has 1 rings (SSSR count). The molecular weight excluding hydrogens is 240 g/mol. The molecule has 0 atom stereocenters. The molecule has 0 bridgehead atoms. The van der Waals surface area contributed by atoms with E-state index in [9.17, 15) is 9.59 Å². The van der Waals surface area contributed by atoms with Crippen molar-refractivity contribution < 1.29 is 9.59 Å². The van der Waals surface area contributed by atoms with Crippen molar-refractivity contribution in [2.24, 2.45) is 10.2 Å². The lowest BCUT2D eigenvalue weighted by Gasteiger charge is -2.10. The predicted octanol–water partition coefficient (Wildman–Crippen LogP) is 1.31. The first kappa shape index (κ1) is 12.5. The van der Waals surface area contributed by atoms with E-state index in [1.165, 1.54) is 12.1 Å². The quantitative estimate of drug-likeness (QED) is 0.305. The zero-order chi connectivity index (χ0) is 13.7. The maximum atomic E-state index is 11.7. The van der Waals surface area contributed by atoms with E-state index in [1.54, 1.807) is 0 Å². The summed E-state index contributed by atoms with van der Waals surface area (Å²) in [5.74, 6) is -2.26. The Morgan fingerprint density at radius 2 is 1.22 bits per heavy atom. The van der Waals surface area contributed by atoms with Crippen molar-refractivity contribution in [3.63, 3.8) is 0 Å². The molecule has 1 aliphatic rings. The van der Waals surface area contributed by atoms with Gasteiger partial charge in [-0.1, -0.05) is 10.2 Å². The average Bonchev–Trinajstić information content (AvgIpc) is 2.36. The molecule has 0 heterocycles. The fourth-order valence-corrected chi connectivity index (χ4v) is 1.17. The van der Waals surface area contributed by atoms with Crippen LogP contribution in [0, 0.1) is 22.7 Å². The van der Waals surface area contributed by atoms with Gasteiger partial charge in [-0.3, -0.25) is 9.59 Å². The van der Waals surface area contributed by atoms with Gasteiger partial charge in [0.2, 0.25) is 11.6 Å². The first-order valence-electron chi connectivity index (χ1n) is 4.10. The van der Waals surface area contributed by atoms with Crippen molar-refractivity contribution in [2.75, 3.05) is 0 Å². The predicted molar refractivity (Wildman–Crippen MR) is 53.6 cm³/mol. The molecule has 0 radical (unpaired) electrons. The van der Waals surface area contributed by atoms with Crippen LogP contribution >= 0.6 is 0 Å².